The molecule has 4 aromatic rings. The topological polar surface area (TPSA) is 110 Å². The van der Waals surface area contributed by atoms with Crippen LogP contribution in [0.25, 0.3) is 0 Å². The van der Waals surface area contributed by atoms with E-state index in [-0.39, 0.29) is 35.9 Å². The molecule has 1 amide bonds. The Morgan fingerprint density at radius 2 is 1.85 bits per heavy atom. The van der Waals surface area contributed by atoms with Crippen LogP contribution >= 0.6 is 15.9 Å². The molecule has 3 heterocycles. The first-order valence-electron chi connectivity index (χ1n) is 13.3. The van der Waals surface area contributed by atoms with E-state index in [2.05, 4.69) is 26.0 Å². The van der Waals surface area contributed by atoms with E-state index in [0.29, 0.717) is 5.56 Å². The fourth-order valence-electron chi connectivity index (χ4n) is 5.76. The molecule has 0 fully saturated rings. The number of carbonyl (C=O) groups is 1. The Morgan fingerprint density at radius 1 is 1.15 bits per heavy atom. The van der Waals surface area contributed by atoms with E-state index in [1.165, 1.54) is 24.4 Å². The molecule has 4 atom stereocenters. The van der Waals surface area contributed by atoms with Crippen molar-refractivity contribution in [3.8, 4) is 11.5 Å². The first-order valence-corrected chi connectivity index (χ1v) is 14.1. The third-order valence-electron chi connectivity index (χ3n) is 7.97. The van der Waals surface area contributed by atoms with Crippen LogP contribution in [0, 0.1) is 5.92 Å². The maximum absolute atomic E-state index is 13.8. The van der Waals surface area contributed by atoms with E-state index >= 15 is 0 Å². The zero-order valence-electron chi connectivity index (χ0n) is 23.4. The molecule has 10 heteroatoms. The molecular formula is C31H33BrN4O5. The number of amides is 1. The minimum Gasteiger partial charge on any atom is -0.495 e. The van der Waals surface area contributed by atoms with Gasteiger partial charge in [-0.2, -0.15) is 5.10 Å². The quantitative estimate of drug-likeness (QED) is 0.291. The van der Waals surface area contributed by atoms with Gasteiger partial charge in [0.1, 0.15) is 17.6 Å². The van der Waals surface area contributed by atoms with Gasteiger partial charge in [0, 0.05) is 31.2 Å². The van der Waals surface area contributed by atoms with Crippen LogP contribution in [-0.2, 0) is 36.0 Å². The lowest BCUT2D eigenvalue weighted by Gasteiger charge is -2.46. The number of aromatic nitrogens is 3. The van der Waals surface area contributed by atoms with Crippen LogP contribution in [0.4, 0.5) is 0 Å². The summed E-state index contributed by atoms with van der Waals surface area (Å²) in [7, 11) is 4.94. The number of benzene rings is 2. The van der Waals surface area contributed by atoms with Crippen molar-refractivity contribution < 1.29 is 24.5 Å². The summed E-state index contributed by atoms with van der Waals surface area (Å²) in [6, 6.07) is 18.8. The molecule has 0 saturated heterocycles. The second-order valence-corrected chi connectivity index (χ2v) is 11.4. The Morgan fingerprint density at radius 3 is 2.49 bits per heavy atom. The second-order valence-electron chi connectivity index (χ2n) is 10.5. The number of aliphatic hydroxyl groups excluding tert-OH is 1. The summed E-state index contributed by atoms with van der Waals surface area (Å²) in [5.74, 6) is -0.860. The molecule has 5 rings (SSSR count). The van der Waals surface area contributed by atoms with Gasteiger partial charge in [-0.05, 0) is 29.3 Å². The van der Waals surface area contributed by atoms with Gasteiger partial charge in [0.05, 0.1) is 43.2 Å². The zero-order chi connectivity index (χ0) is 29.4. The highest BCUT2D eigenvalue weighted by atomic mass is 79.9. The number of nitrogens with zero attached hydrogens (tertiary/aromatic N) is 4. The summed E-state index contributed by atoms with van der Waals surface area (Å²) >= 11 is 3.50. The van der Waals surface area contributed by atoms with Crippen LogP contribution in [0.15, 0.2) is 83.7 Å². The van der Waals surface area contributed by atoms with E-state index < -0.39 is 23.2 Å². The number of aliphatic hydroxyl groups is 2. The Balaban J connectivity index is 1.66. The summed E-state index contributed by atoms with van der Waals surface area (Å²) in [4.78, 5) is 19.6. The summed E-state index contributed by atoms with van der Waals surface area (Å²) in [5.41, 5.74) is -1.10. The maximum Gasteiger partial charge on any atom is 0.228 e. The Hall–Kier alpha value is -3.73. The zero-order valence-corrected chi connectivity index (χ0v) is 24.9. The second kappa shape index (κ2) is 11.3. The van der Waals surface area contributed by atoms with Crippen molar-refractivity contribution in [3.63, 3.8) is 0 Å². The summed E-state index contributed by atoms with van der Waals surface area (Å²) in [5, 5.41) is 29.4. The van der Waals surface area contributed by atoms with Crippen LogP contribution in [0.5, 0.6) is 11.5 Å². The molecule has 0 bridgehead atoms. The SMILES string of the molecule is COc1cncc2c1[C@](O)([C@H](O)[C@@H](C)C(=O)N(C)Cc1ccnn1C)[C@@](Cc1ccccc1)(c1ccc(Br)cc1)O2. The van der Waals surface area contributed by atoms with Crippen molar-refractivity contribution in [1.29, 1.82) is 0 Å². The highest BCUT2D eigenvalue weighted by Crippen LogP contribution is 2.59. The average Bonchev–Trinajstić information content (AvgIpc) is 3.50. The number of hydrogen-bond acceptors (Lipinski definition) is 7. The lowest BCUT2D eigenvalue weighted by atomic mass is 9.66. The Bertz CT molecular complexity index is 1530. The van der Waals surface area contributed by atoms with Gasteiger partial charge in [-0.25, -0.2) is 0 Å². The molecule has 2 aromatic heterocycles. The number of fused-ring (bicyclic) bond motifs is 1. The molecular weight excluding hydrogens is 588 g/mol. The molecule has 0 spiro atoms. The number of hydrogen-bond donors (Lipinski definition) is 2. The lowest BCUT2D eigenvalue weighted by molar-refractivity contribution is -0.199. The standard InChI is InChI=1S/C31H33BrN4O5/c1-20(29(38)35(2)19-24-14-15-34-36(24)3)28(37)31(39)27-25(40-4)17-33-18-26(27)41-30(31,16-21-8-6-5-7-9-21)22-10-12-23(32)13-11-22/h5-15,17-18,20,28,37,39H,16,19H2,1-4H3/t20-,28-,30-,31+/m1/s1. The first-order chi connectivity index (χ1) is 19.6. The molecule has 41 heavy (non-hydrogen) atoms. The third kappa shape index (κ3) is 4.90. The van der Waals surface area contributed by atoms with Crippen molar-refractivity contribution in [2.75, 3.05) is 14.2 Å². The van der Waals surface area contributed by atoms with Crippen molar-refractivity contribution in [1.82, 2.24) is 19.7 Å². The molecule has 1 aliphatic rings. The summed E-state index contributed by atoms with van der Waals surface area (Å²) < 4.78 is 14.9. The van der Waals surface area contributed by atoms with E-state index in [0.717, 1.165) is 15.7 Å². The number of methoxy groups -OCH3 is 1. The van der Waals surface area contributed by atoms with Gasteiger partial charge < -0.3 is 24.6 Å². The lowest BCUT2D eigenvalue weighted by Crippen LogP contribution is -2.60. The maximum atomic E-state index is 13.8. The number of aryl methyl sites for hydroxylation is 1. The van der Waals surface area contributed by atoms with E-state index in [4.69, 9.17) is 9.47 Å². The van der Waals surface area contributed by atoms with Gasteiger partial charge in [-0.1, -0.05) is 65.3 Å². The molecule has 1 aliphatic heterocycles. The smallest absolute Gasteiger partial charge is 0.228 e. The van der Waals surface area contributed by atoms with Gasteiger partial charge in [-0.3, -0.25) is 14.5 Å². The summed E-state index contributed by atoms with van der Waals surface area (Å²) in [6.07, 6.45) is 3.22. The van der Waals surface area contributed by atoms with Crippen LogP contribution in [0.3, 0.4) is 0 Å². The minimum atomic E-state index is -2.12. The number of carbonyl (C=O) groups excluding carboxylic acids is 1. The van der Waals surface area contributed by atoms with Crippen LogP contribution in [0.1, 0.15) is 29.3 Å². The van der Waals surface area contributed by atoms with Gasteiger partial charge in [0.2, 0.25) is 5.91 Å². The predicted molar refractivity (Wildman–Crippen MR) is 156 cm³/mol. The van der Waals surface area contributed by atoms with Crippen molar-refractivity contribution in [3.05, 3.63) is 106 Å². The number of pyridine rings is 1. The number of ether oxygens (including phenoxy) is 2. The predicted octanol–water partition coefficient (Wildman–Crippen LogP) is 3.96. The molecule has 2 N–H and O–H groups in total. The molecule has 9 nitrogen and oxygen atoms in total. The van der Waals surface area contributed by atoms with Crippen LogP contribution in [0.2, 0.25) is 0 Å². The van der Waals surface area contributed by atoms with Crippen LogP contribution < -0.4 is 9.47 Å². The number of rotatable bonds is 9. The third-order valence-corrected chi connectivity index (χ3v) is 8.50. The fraction of sp³-hybridized carbons (Fsp3) is 0.323. The first kappa shape index (κ1) is 28.8. The van der Waals surface area contributed by atoms with Gasteiger partial charge in [0.15, 0.2) is 11.2 Å². The molecule has 0 unspecified atom stereocenters. The van der Waals surface area contributed by atoms with Crippen molar-refractivity contribution in [2.24, 2.45) is 13.0 Å². The number of halogens is 1. The van der Waals surface area contributed by atoms with E-state index in [1.807, 2.05) is 60.7 Å². The Labute approximate surface area is 247 Å². The highest BCUT2D eigenvalue weighted by Gasteiger charge is 2.67. The molecule has 2 aromatic carbocycles. The fourth-order valence-corrected chi connectivity index (χ4v) is 6.03. The van der Waals surface area contributed by atoms with Crippen molar-refractivity contribution in [2.45, 2.75) is 37.2 Å². The molecule has 0 radical (unpaired) electrons. The minimum absolute atomic E-state index is 0.187. The highest BCUT2D eigenvalue weighted by molar-refractivity contribution is 9.10. The molecule has 0 aliphatic carbocycles. The Kier molecular flexibility index (Phi) is 7.91. The van der Waals surface area contributed by atoms with Gasteiger partial charge in [0.25, 0.3) is 0 Å². The van der Waals surface area contributed by atoms with E-state index in [1.54, 1.807) is 31.9 Å². The molecule has 0 saturated carbocycles. The average molecular weight is 622 g/mol. The van der Waals surface area contributed by atoms with Crippen LogP contribution in [-0.4, -0.2) is 56.0 Å². The normalized spacial score (nSPS) is 21.0. The van der Waals surface area contributed by atoms with Gasteiger partial charge >= 0.3 is 0 Å². The van der Waals surface area contributed by atoms with E-state index in [9.17, 15) is 15.0 Å². The monoisotopic (exact) mass is 620 g/mol. The summed E-state index contributed by atoms with van der Waals surface area (Å²) in [6.45, 7) is 1.90. The van der Waals surface area contributed by atoms with Gasteiger partial charge in [-0.15, -0.1) is 0 Å². The van der Waals surface area contributed by atoms with Crippen molar-refractivity contribution >= 4 is 21.8 Å². The molecule has 214 valence electrons. The largest absolute Gasteiger partial charge is 0.495 e.